The highest BCUT2D eigenvalue weighted by molar-refractivity contribution is 7.98. The predicted octanol–water partition coefficient (Wildman–Crippen LogP) is 3.16. The van der Waals surface area contributed by atoms with Gasteiger partial charge in [0.05, 0.1) is 0 Å². The minimum Gasteiger partial charge on any atom is -0.369 e. The summed E-state index contributed by atoms with van der Waals surface area (Å²) in [4.78, 5) is 8.88. The van der Waals surface area contributed by atoms with Crippen LogP contribution in [0.2, 0.25) is 0 Å². The van der Waals surface area contributed by atoms with E-state index in [9.17, 15) is 0 Å². The molecule has 0 saturated carbocycles. The zero-order chi connectivity index (χ0) is 12.8. The number of thioether (sulfide) groups is 1. The fourth-order valence-electron chi connectivity index (χ4n) is 2.46. The van der Waals surface area contributed by atoms with E-state index in [2.05, 4.69) is 28.5 Å². The molecule has 2 rings (SSSR count). The van der Waals surface area contributed by atoms with Crippen LogP contribution >= 0.6 is 11.8 Å². The van der Waals surface area contributed by atoms with E-state index in [1.807, 2.05) is 11.8 Å². The molecule has 4 heteroatoms. The van der Waals surface area contributed by atoms with Gasteiger partial charge in [-0.15, -0.1) is 0 Å². The average Bonchev–Trinajstić information content (AvgIpc) is 2.62. The molecule has 1 N–H and O–H groups in total. The van der Waals surface area contributed by atoms with Gasteiger partial charge in [0.15, 0.2) is 0 Å². The first-order chi connectivity index (χ1) is 8.81. The van der Waals surface area contributed by atoms with Crippen LogP contribution in [0.3, 0.4) is 0 Å². The monoisotopic (exact) mass is 265 g/mol. The average molecular weight is 265 g/mol. The fourth-order valence-corrected chi connectivity index (χ4v) is 3.15. The number of nitrogens with zero attached hydrogens (tertiary/aromatic N) is 2. The van der Waals surface area contributed by atoms with Crippen LogP contribution in [-0.4, -0.2) is 28.5 Å². The molecule has 1 aliphatic rings. The molecule has 3 nitrogen and oxygen atoms in total. The van der Waals surface area contributed by atoms with Crippen LogP contribution < -0.4 is 5.32 Å². The number of rotatable bonds is 5. The van der Waals surface area contributed by atoms with Gasteiger partial charge in [0.25, 0.3) is 0 Å². The van der Waals surface area contributed by atoms with E-state index in [-0.39, 0.29) is 0 Å². The molecule has 0 saturated heterocycles. The third kappa shape index (κ3) is 3.61. The standard InChI is InChI=1S/C14H23N3S/c1-11(9-18-2)8-15-14-12-6-4-3-5-7-13(12)16-10-17-14/h10-11H,3-9H2,1-2H3,(H,15,16,17). The Labute approximate surface area is 114 Å². The Kier molecular flexibility index (Phi) is 5.29. The van der Waals surface area contributed by atoms with Crippen LogP contribution in [0.25, 0.3) is 0 Å². The summed E-state index contributed by atoms with van der Waals surface area (Å²) in [6, 6.07) is 0. The first-order valence-electron chi connectivity index (χ1n) is 6.87. The zero-order valence-electron chi connectivity index (χ0n) is 11.4. The molecule has 0 fully saturated rings. The molecule has 0 spiro atoms. The predicted molar refractivity (Wildman–Crippen MR) is 79.3 cm³/mol. The van der Waals surface area contributed by atoms with Gasteiger partial charge in [0.2, 0.25) is 0 Å². The Balaban J connectivity index is 2.04. The van der Waals surface area contributed by atoms with E-state index in [0.29, 0.717) is 5.92 Å². The number of hydrogen-bond acceptors (Lipinski definition) is 4. The summed E-state index contributed by atoms with van der Waals surface area (Å²) in [5.74, 6) is 2.95. The summed E-state index contributed by atoms with van der Waals surface area (Å²) < 4.78 is 0. The maximum Gasteiger partial charge on any atom is 0.132 e. The van der Waals surface area contributed by atoms with E-state index in [4.69, 9.17) is 0 Å². The number of anilines is 1. The largest absolute Gasteiger partial charge is 0.369 e. The molecule has 0 bridgehead atoms. The van der Waals surface area contributed by atoms with Crippen LogP contribution in [0.15, 0.2) is 6.33 Å². The van der Waals surface area contributed by atoms with Crippen LogP contribution in [0.1, 0.15) is 37.4 Å². The number of nitrogens with one attached hydrogen (secondary N) is 1. The number of fused-ring (bicyclic) bond motifs is 1. The van der Waals surface area contributed by atoms with Crippen molar-refractivity contribution in [2.45, 2.75) is 39.0 Å². The molecular formula is C14H23N3S. The Morgan fingerprint density at radius 2 is 2.11 bits per heavy atom. The van der Waals surface area contributed by atoms with Gasteiger partial charge >= 0.3 is 0 Å². The molecule has 1 aromatic rings. The lowest BCUT2D eigenvalue weighted by molar-refractivity contribution is 0.696. The van der Waals surface area contributed by atoms with Crippen molar-refractivity contribution in [1.29, 1.82) is 0 Å². The zero-order valence-corrected chi connectivity index (χ0v) is 12.2. The second-order valence-electron chi connectivity index (χ2n) is 5.15. The molecule has 1 aromatic heterocycles. The maximum atomic E-state index is 4.45. The Morgan fingerprint density at radius 1 is 1.28 bits per heavy atom. The van der Waals surface area contributed by atoms with Gasteiger partial charge < -0.3 is 5.32 Å². The second kappa shape index (κ2) is 6.98. The van der Waals surface area contributed by atoms with E-state index < -0.39 is 0 Å². The third-order valence-corrected chi connectivity index (χ3v) is 4.35. The summed E-state index contributed by atoms with van der Waals surface area (Å²) in [6.45, 7) is 3.29. The smallest absolute Gasteiger partial charge is 0.132 e. The van der Waals surface area contributed by atoms with E-state index in [1.54, 1.807) is 6.33 Å². The lowest BCUT2D eigenvalue weighted by atomic mass is 10.1. The lowest BCUT2D eigenvalue weighted by Gasteiger charge is -2.15. The van der Waals surface area contributed by atoms with Crippen molar-refractivity contribution in [3.63, 3.8) is 0 Å². The van der Waals surface area contributed by atoms with Crippen molar-refractivity contribution in [2.75, 3.05) is 23.9 Å². The molecule has 0 radical (unpaired) electrons. The molecule has 0 amide bonds. The summed E-state index contributed by atoms with van der Waals surface area (Å²) >= 11 is 1.90. The molecule has 100 valence electrons. The highest BCUT2D eigenvalue weighted by Gasteiger charge is 2.14. The fraction of sp³-hybridized carbons (Fsp3) is 0.714. The summed E-state index contributed by atoms with van der Waals surface area (Å²) in [6.07, 6.45) is 9.99. The Bertz CT molecular complexity index is 381. The minimum atomic E-state index is 0.677. The normalized spacial score (nSPS) is 16.8. The van der Waals surface area contributed by atoms with Gasteiger partial charge in [-0.3, -0.25) is 0 Å². The van der Waals surface area contributed by atoms with Crippen molar-refractivity contribution >= 4 is 17.6 Å². The van der Waals surface area contributed by atoms with E-state index in [1.165, 1.54) is 36.3 Å². The molecule has 1 aliphatic carbocycles. The number of hydrogen-bond donors (Lipinski definition) is 1. The van der Waals surface area contributed by atoms with Crippen molar-refractivity contribution < 1.29 is 0 Å². The Hall–Kier alpha value is -0.770. The molecule has 0 aromatic carbocycles. The van der Waals surface area contributed by atoms with Gasteiger partial charge in [0.1, 0.15) is 12.1 Å². The molecule has 1 atom stereocenters. The van der Waals surface area contributed by atoms with Crippen LogP contribution in [-0.2, 0) is 12.8 Å². The topological polar surface area (TPSA) is 37.8 Å². The molecular weight excluding hydrogens is 242 g/mol. The van der Waals surface area contributed by atoms with Gasteiger partial charge in [0, 0.05) is 17.8 Å². The van der Waals surface area contributed by atoms with Crippen molar-refractivity contribution in [1.82, 2.24) is 9.97 Å². The van der Waals surface area contributed by atoms with E-state index in [0.717, 1.165) is 25.2 Å². The number of aromatic nitrogens is 2. The highest BCUT2D eigenvalue weighted by Crippen LogP contribution is 2.24. The second-order valence-corrected chi connectivity index (χ2v) is 6.06. The molecule has 18 heavy (non-hydrogen) atoms. The van der Waals surface area contributed by atoms with Crippen LogP contribution in [0.4, 0.5) is 5.82 Å². The first-order valence-corrected chi connectivity index (χ1v) is 8.26. The van der Waals surface area contributed by atoms with Crippen molar-refractivity contribution in [2.24, 2.45) is 5.92 Å². The minimum absolute atomic E-state index is 0.677. The maximum absolute atomic E-state index is 4.45. The van der Waals surface area contributed by atoms with Gasteiger partial charge in [-0.05, 0) is 43.6 Å². The summed E-state index contributed by atoms with van der Waals surface area (Å²) in [7, 11) is 0. The summed E-state index contributed by atoms with van der Waals surface area (Å²) in [5, 5.41) is 3.52. The quantitative estimate of drug-likeness (QED) is 0.830. The lowest BCUT2D eigenvalue weighted by Crippen LogP contribution is -2.16. The van der Waals surface area contributed by atoms with E-state index >= 15 is 0 Å². The van der Waals surface area contributed by atoms with Gasteiger partial charge in [-0.25, -0.2) is 9.97 Å². The highest BCUT2D eigenvalue weighted by atomic mass is 32.2. The van der Waals surface area contributed by atoms with Crippen molar-refractivity contribution in [3.05, 3.63) is 17.6 Å². The van der Waals surface area contributed by atoms with Gasteiger partial charge in [-0.2, -0.15) is 11.8 Å². The molecule has 0 aliphatic heterocycles. The first kappa shape index (κ1) is 13.7. The number of aryl methyl sites for hydroxylation is 1. The van der Waals surface area contributed by atoms with Crippen LogP contribution in [0, 0.1) is 5.92 Å². The van der Waals surface area contributed by atoms with Crippen molar-refractivity contribution in [3.8, 4) is 0 Å². The summed E-state index contributed by atoms with van der Waals surface area (Å²) in [5.41, 5.74) is 2.63. The third-order valence-electron chi connectivity index (χ3n) is 3.44. The molecule has 1 heterocycles. The van der Waals surface area contributed by atoms with Gasteiger partial charge in [-0.1, -0.05) is 13.3 Å². The molecule has 1 unspecified atom stereocenters. The SMILES string of the molecule is CSCC(C)CNc1ncnc2c1CCCCC2. The van der Waals surface area contributed by atoms with Crippen LogP contribution in [0.5, 0.6) is 0 Å². The Morgan fingerprint density at radius 3 is 2.94 bits per heavy atom.